The quantitative estimate of drug-likeness (QED) is 0.782. The van der Waals surface area contributed by atoms with Crippen molar-refractivity contribution in [1.29, 1.82) is 0 Å². The van der Waals surface area contributed by atoms with Gasteiger partial charge in [0.05, 0.1) is 10.7 Å². The van der Waals surface area contributed by atoms with E-state index < -0.39 is 0 Å². The summed E-state index contributed by atoms with van der Waals surface area (Å²) in [6.07, 6.45) is 4.03. The largest absolute Gasteiger partial charge is 0.355 e. The Labute approximate surface area is 131 Å². The van der Waals surface area contributed by atoms with Crippen LogP contribution in [0.5, 0.6) is 0 Å². The molecule has 3 heterocycles. The summed E-state index contributed by atoms with van der Waals surface area (Å²) in [5.74, 6) is 0.263. The van der Waals surface area contributed by atoms with Gasteiger partial charge >= 0.3 is 0 Å². The highest BCUT2D eigenvalue weighted by atomic mass is 32.1. The number of nitrogens with one attached hydrogen (secondary N) is 1. The molecule has 0 saturated heterocycles. The monoisotopic (exact) mass is 314 g/mol. The van der Waals surface area contributed by atoms with E-state index in [-0.39, 0.29) is 11.6 Å². The van der Waals surface area contributed by atoms with Crippen LogP contribution in [0.15, 0.2) is 40.5 Å². The summed E-state index contributed by atoms with van der Waals surface area (Å²) in [4.78, 5) is 20.4. The van der Waals surface area contributed by atoms with Crippen molar-refractivity contribution in [2.75, 3.05) is 6.54 Å². The second-order valence-electron chi connectivity index (χ2n) is 4.68. The lowest BCUT2D eigenvalue weighted by Gasteiger charge is -2.00. The van der Waals surface area contributed by atoms with Crippen LogP contribution in [0.3, 0.4) is 0 Å². The van der Waals surface area contributed by atoms with Gasteiger partial charge in [0.2, 0.25) is 0 Å². The number of aromatic nitrogens is 3. The van der Waals surface area contributed by atoms with Crippen LogP contribution in [0.2, 0.25) is 0 Å². The second kappa shape index (κ2) is 6.48. The predicted molar refractivity (Wildman–Crippen MR) is 82.6 cm³/mol. The molecule has 1 amide bonds. The van der Waals surface area contributed by atoms with Crippen molar-refractivity contribution >= 4 is 17.2 Å². The van der Waals surface area contributed by atoms with Crippen molar-refractivity contribution in [2.24, 2.45) is 0 Å². The average Bonchev–Trinajstić information content (AvgIpc) is 3.17. The molecule has 0 fully saturated rings. The Balaban J connectivity index is 1.58. The Morgan fingerprint density at radius 2 is 2.36 bits per heavy atom. The van der Waals surface area contributed by atoms with Crippen LogP contribution >= 0.6 is 11.3 Å². The first-order valence-electron chi connectivity index (χ1n) is 6.79. The number of hydrogen-bond donors (Lipinski definition) is 1. The van der Waals surface area contributed by atoms with E-state index in [0.717, 1.165) is 16.3 Å². The van der Waals surface area contributed by atoms with Crippen LogP contribution in [-0.2, 0) is 6.42 Å². The van der Waals surface area contributed by atoms with Gasteiger partial charge in [-0.2, -0.15) is 0 Å². The van der Waals surface area contributed by atoms with Crippen molar-refractivity contribution in [3.63, 3.8) is 0 Å². The van der Waals surface area contributed by atoms with Crippen LogP contribution in [0.4, 0.5) is 0 Å². The van der Waals surface area contributed by atoms with Crippen molar-refractivity contribution < 1.29 is 9.32 Å². The van der Waals surface area contributed by atoms with Crippen LogP contribution in [0, 0.1) is 6.92 Å². The molecule has 0 bridgehead atoms. The zero-order chi connectivity index (χ0) is 15.4. The predicted octanol–water partition coefficient (Wildman–Crippen LogP) is 2.47. The van der Waals surface area contributed by atoms with Gasteiger partial charge in [0, 0.05) is 42.4 Å². The standard InChI is InChI=1S/C15H14N4O2S/c1-10-18-12(9-22-10)4-6-17-15(20)13-7-14(21-19-13)11-3-2-5-16-8-11/h2-3,5,7-9H,4,6H2,1H3,(H,17,20). The van der Waals surface area contributed by atoms with Gasteiger partial charge in [-0.25, -0.2) is 4.98 Å². The Morgan fingerprint density at radius 1 is 1.45 bits per heavy atom. The Kier molecular flexibility index (Phi) is 4.24. The minimum Gasteiger partial charge on any atom is -0.355 e. The van der Waals surface area contributed by atoms with Gasteiger partial charge in [0.25, 0.3) is 5.91 Å². The first-order chi connectivity index (χ1) is 10.7. The minimum absolute atomic E-state index is 0.258. The van der Waals surface area contributed by atoms with Crippen molar-refractivity contribution in [1.82, 2.24) is 20.4 Å². The lowest BCUT2D eigenvalue weighted by molar-refractivity contribution is 0.0945. The lowest BCUT2D eigenvalue weighted by atomic mass is 10.2. The van der Waals surface area contributed by atoms with Gasteiger partial charge in [-0.3, -0.25) is 9.78 Å². The lowest BCUT2D eigenvalue weighted by Crippen LogP contribution is -2.26. The Hall–Kier alpha value is -2.54. The zero-order valence-corrected chi connectivity index (χ0v) is 12.8. The average molecular weight is 314 g/mol. The van der Waals surface area contributed by atoms with Crippen molar-refractivity contribution in [3.05, 3.63) is 52.4 Å². The fourth-order valence-corrected chi connectivity index (χ4v) is 2.59. The highest BCUT2D eigenvalue weighted by Crippen LogP contribution is 2.18. The van der Waals surface area contributed by atoms with E-state index in [4.69, 9.17) is 4.52 Å². The number of carbonyl (C=O) groups excluding carboxylic acids is 1. The molecule has 3 aromatic heterocycles. The van der Waals surface area contributed by atoms with Gasteiger partial charge in [0.15, 0.2) is 11.5 Å². The SMILES string of the molecule is Cc1nc(CCNC(=O)c2cc(-c3cccnc3)on2)cs1. The van der Waals surface area contributed by atoms with Crippen LogP contribution < -0.4 is 5.32 Å². The summed E-state index contributed by atoms with van der Waals surface area (Å²) in [5.41, 5.74) is 2.03. The van der Waals surface area contributed by atoms with Crippen LogP contribution in [-0.4, -0.2) is 27.6 Å². The summed E-state index contributed by atoms with van der Waals surface area (Å²) in [6.45, 7) is 2.47. The smallest absolute Gasteiger partial charge is 0.273 e. The maximum atomic E-state index is 12.0. The van der Waals surface area contributed by atoms with E-state index in [9.17, 15) is 4.79 Å². The molecular formula is C15H14N4O2S. The molecule has 0 aliphatic carbocycles. The molecular weight excluding hydrogens is 300 g/mol. The fourth-order valence-electron chi connectivity index (χ4n) is 1.94. The van der Waals surface area contributed by atoms with Crippen LogP contribution in [0.25, 0.3) is 11.3 Å². The van der Waals surface area contributed by atoms with Gasteiger partial charge in [0.1, 0.15) is 0 Å². The number of aryl methyl sites for hydroxylation is 1. The van der Waals surface area contributed by atoms with Crippen molar-refractivity contribution in [3.8, 4) is 11.3 Å². The summed E-state index contributed by atoms with van der Waals surface area (Å²) < 4.78 is 5.18. The fraction of sp³-hybridized carbons (Fsp3) is 0.200. The third-order valence-corrected chi connectivity index (χ3v) is 3.84. The molecule has 0 aromatic carbocycles. The molecule has 0 spiro atoms. The van der Waals surface area contributed by atoms with Crippen molar-refractivity contribution in [2.45, 2.75) is 13.3 Å². The number of hydrogen-bond acceptors (Lipinski definition) is 6. The molecule has 1 N–H and O–H groups in total. The maximum Gasteiger partial charge on any atom is 0.273 e. The number of thiazole rings is 1. The first-order valence-corrected chi connectivity index (χ1v) is 7.66. The van der Waals surface area contributed by atoms with E-state index >= 15 is 0 Å². The zero-order valence-electron chi connectivity index (χ0n) is 11.9. The van der Waals surface area contributed by atoms with Gasteiger partial charge in [-0.15, -0.1) is 11.3 Å². The van der Waals surface area contributed by atoms with Gasteiger partial charge < -0.3 is 9.84 Å². The molecule has 0 unspecified atom stereocenters. The summed E-state index contributed by atoms with van der Waals surface area (Å²) >= 11 is 1.60. The minimum atomic E-state index is -0.258. The summed E-state index contributed by atoms with van der Waals surface area (Å²) in [6, 6.07) is 5.26. The molecule has 3 rings (SSSR count). The Bertz CT molecular complexity index is 767. The molecule has 0 saturated carbocycles. The maximum absolute atomic E-state index is 12.0. The molecule has 0 radical (unpaired) electrons. The highest BCUT2D eigenvalue weighted by Gasteiger charge is 2.13. The van der Waals surface area contributed by atoms with E-state index in [1.165, 1.54) is 0 Å². The normalized spacial score (nSPS) is 10.6. The van der Waals surface area contributed by atoms with E-state index in [0.29, 0.717) is 18.7 Å². The second-order valence-corrected chi connectivity index (χ2v) is 5.74. The number of nitrogens with zero attached hydrogens (tertiary/aromatic N) is 3. The molecule has 0 aliphatic rings. The number of amides is 1. The first kappa shape index (κ1) is 14.4. The number of carbonyl (C=O) groups is 1. The third-order valence-electron chi connectivity index (χ3n) is 3.02. The van der Waals surface area contributed by atoms with Crippen LogP contribution in [0.1, 0.15) is 21.2 Å². The van der Waals surface area contributed by atoms with E-state index in [1.54, 1.807) is 35.9 Å². The summed E-state index contributed by atoms with van der Waals surface area (Å²) in [7, 11) is 0. The number of pyridine rings is 1. The van der Waals surface area contributed by atoms with E-state index in [2.05, 4.69) is 20.4 Å². The molecule has 22 heavy (non-hydrogen) atoms. The molecule has 0 aliphatic heterocycles. The van der Waals surface area contributed by atoms with Gasteiger partial charge in [-0.05, 0) is 19.1 Å². The van der Waals surface area contributed by atoms with Gasteiger partial charge in [-0.1, -0.05) is 5.16 Å². The molecule has 3 aromatic rings. The Morgan fingerprint density at radius 3 is 3.09 bits per heavy atom. The van der Waals surface area contributed by atoms with E-state index in [1.807, 2.05) is 18.4 Å². The molecule has 6 nitrogen and oxygen atoms in total. The number of rotatable bonds is 5. The summed E-state index contributed by atoms with van der Waals surface area (Å²) in [5, 5.41) is 9.63. The topological polar surface area (TPSA) is 80.9 Å². The highest BCUT2D eigenvalue weighted by molar-refractivity contribution is 7.09. The molecule has 7 heteroatoms. The third kappa shape index (κ3) is 3.37. The molecule has 112 valence electrons. The molecule has 0 atom stereocenters.